The summed E-state index contributed by atoms with van der Waals surface area (Å²) in [6.07, 6.45) is 1.75. The quantitative estimate of drug-likeness (QED) is 0.867. The Balaban J connectivity index is 2.04. The lowest BCUT2D eigenvalue weighted by Gasteiger charge is -2.09. The zero-order chi connectivity index (χ0) is 14.5. The van der Waals surface area contributed by atoms with E-state index in [2.05, 4.69) is 20.8 Å². The number of nitrogens with one attached hydrogen (secondary N) is 2. The summed E-state index contributed by atoms with van der Waals surface area (Å²) in [6.45, 7) is 5.34. The molecule has 0 aliphatic carbocycles. The maximum atomic E-state index is 11.5. The van der Waals surface area contributed by atoms with Gasteiger partial charge < -0.3 is 10.6 Å². The summed E-state index contributed by atoms with van der Waals surface area (Å²) in [6, 6.07) is 5.57. The number of aromatic nitrogens is 3. The van der Waals surface area contributed by atoms with Crippen molar-refractivity contribution in [2.24, 2.45) is 0 Å². The Labute approximate surface area is 118 Å². The number of hydrogen-bond acceptors (Lipinski definition) is 4. The topological polar surface area (TPSA) is 71.8 Å². The Morgan fingerprint density at radius 2 is 2.20 bits per heavy atom. The van der Waals surface area contributed by atoms with Crippen molar-refractivity contribution < 1.29 is 4.79 Å². The molecule has 6 heteroatoms. The fourth-order valence-electron chi connectivity index (χ4n) is 1.90. The summed E-state index contributed by atoms with van der Waals surface area (Å²) >= 11 is 0. The van der Waals surface area contributed by atoms with E-state index in [4.69, 9.17) is 0 Å². The molecule has 0 unspecified atom stereocenters. The van der Waals surface area contributed by atoms with E-state index in [0.29, 0.717) is 12.1 Å². The number of carbonyl (C=O) groups excluding carboxylic acids is 1. The second kappa shape index (κ2) is 6.18. The SMILES string of the molecule is CCn1ncc(CNc2ccc(C(=O)NC)cc2C)n1. The lowest BCUT2D eigenvalue weighted by atomic mass is 10.1. The Bertz CT molecular complexity index is 605. The third kappa shape index (κ3) is 3.14. The first kappa shape index (κ1) is 14.0. The van der Waals surface area contributed by atoms with E-state index in [-0.39, 0.29) is 5.91 Å². The van der Waals surface area contributed by atoms with Crippen molar-refractivity contribution in [3.8, 4) is 0 Å². The Morgan fingerprint density at radius 1 is 1.40 bits per heavy atom. The van der Waals surface area contributed by atoms with Gasteiger partial charge in [0.15, 0.2) is 0 Å². The molecule has 1 amide bonds. The molecule has 0 bridgehead atoms. The minimum Gasteiger partial charge on any atom is -0.379 e. The fourth-order valence-corrected chi connectivity index (χ4v) is 1.90. The molecule has 0 aliphatic rings. The lowest BCUT2D eigenvalue weighted by Crippen LogP contribution is -2.17. The van der Waals surface area contributed by atoms with Gasteiger partial charge in [0.2, 0.25) is 0 Å². The van der Waals surface area contributed by atoms with Gasteiger partial charge in [-0.15, -0.1) is 0 Å². The molecule has 0 radical (unpaired) electrons. The van der Waals surface area contributed by atoms with Crippen molar-refractivity contribution in [2.45, 2.75) is 26.9 Å². The van der Waals surface area contributed by atoms with Crippen molar-refractivity contribution >= 4 is 11.6 Å². The van der Waals surface area contributed by atoms with Gasteiger partial charge in [0.05, 0.1) is 19.3 Å². The molecule has 0 atom stereocenters. The van der Waals surface area contributed by atoms with Crippen LogP contribution in [0, 0.1) is 6.92 Å². The van der Waals surface area contributed by atoms with Crippen LogP contribution in [0.3, 0.4) is 0 Å². The van der Waals surface area contributed by atoms with Crippen LogP contribution in [-0.4, -0.2) is 27.9 Å². The van der Waals surface area contributed by atoms with E-state index in [1.807, 2.05) is 26.0 Å². The summed E-state index contributed by atoms with van der Waals surface area (Å²) in [5.74, 6) is -0.0782. The lowest BCUT2D eigenvalue weighted by molar-refractivity contribution is 0.0963. The predicted molar refractivity (Wildman–Crippen MR) is 77.6 cm³/mol. The van der Waals surface area contributed by atoms with Crippen molar-refractivity contribution in [1.82, 2.24) is 20.3 Å². The molecule has 0 aliphatic heterocycles. The molecule has 0 spiro atoms. The molecule has 2 N–H and O–H groups in total. The van der Waals surface area contributed by atoms with Crippen molar-refractivity contribution in [2.75, 3.05) is 12.4 Å². The predicted octanol–water partition coefficient (Wildman–Crippen LogP) is 1.58. The molecule has 1 heterocycles. The van der Waals surface area contributed by atoms with Gasteiger partial charge in [-0.3, -0.25) is 4.79 Å². The van der Waals surface area contributed by atoms with Crippen LogP contribution in [0.4, 0.5) is 5.69 Å². The van der Waals surface area contributed by atoms with Gasteiger partial charge in [-0.2, -0.15) is 15.0 Å². The average molecular weight is 273 g/mol. The third-order valence-electron chi connectivity index (χ3n) is 3.04. The van der Waals surface area contributed by atoms with E-state index >= 15 is 0 Å². The summed E-state index contributed by atoms with van der Waals surface area (Å²) in [5, 5.41) is 14.4. The van der Waals surface area contributed by atoms with E-state index in [0.717, 1.165) is 23.5 Å². The first-order valence-corrected chi connectivity index (χ1v) is 6.59. The Morgan fingerprint density at radius 3 is 2.80 bits per heavy atom. The fraction of sp³-hybridized carbons (Fsp3) is 0.357. The molecule has 2 rings (SSSR count). The number of nitrogens with zero attached hydrogens (tertiary/aromatic N) is 3. The smallest absolute Gasteiger partial charge is 0.251 e. The summed E-state index contributed by atoms with van der Waals surface area (Å²) in [7, 11) is 1.63. The van der Waals surface area contributed by atoms with Crippen LogP contribution in [0.15, 0.2) is 24.4 Å². The van der Waals surface area contributed by atoms with E-state index in [1.54, 1.807) is 24.1 Å². The van der Waals surface area contributed by atoms with Crippen molar-refractivity contribution in [3.05, 3.63) is 41.2 Å². The number of rotatable bonds is 5. The molecule has 1 aromatic carbocycles. The van der Waals surface area contributed by atoms with Crippen LogP contribution >= 0.6 is 0 Å². The largest absolute Gasteiger partial charge is 0.379 e. The molecule has 1 aromatic heterocycles. The molecule has 2 aromatic rings. The van der Waals surface area contributed by atoms with Crippen LogP contribution in [-0.2, 0) is 13.1 Å². The van der Waals surface area contributed by atoms with E-state index < -0.39 is 0 Å². The maximum Gasteiger partial charge on any atom is 0.251 e. The first-order chi connectivity index (χ1) is 9.63. The van der Waals surface area contributed by atoms with Gasteiger partial charge in [-0.05, 0) is 37.6 Å². The van der Waals surface area contributed by atoms with Crippen LogP contribution in [0.25, 0.3) is 0 Å². The zero-order valence-corrected chi connectivity index (χ0v) is 12.0. The standard InChI is InChI=1S/C14H19N5O/c1-4-19-17-9-12(18-19)8-16-13-6-5-11(7-10(13)2)14(20)15-3/h5-7,9,16H,4,8H2,1-3H3,(H,15,20). The van der Waals surface area contributed by atoms with Crippen LogP contribution in [0.5, 0.6) is 0 Å². The molecule has 20 heavy (non-hydrogen) atoms. The second-order valence-corrected chi connectivity index (χ2v) is 4.49. The number of benzene rings is 1. The normalized spacial score (nSPS) is 10.3. The highest BCUT2D eigenvalue weighted by Gasteiger charge is 2.06. The molecule has 0 saturated carbocycles. The van der Waals surface area contributed by atoms with Gasteiger partial charge in [0.25, 0.3) is 5.91 Å². The zero-order valence-electron chi connectivity index (χ0n) is 12.0. The average Bonchev–Trinajstić information content (AvgIpc) is 2.93. The highest BCUT2D eigenvalue weighted by atomic mass is 16.1. The number of hydrogen-bond donors (Lipinski definition) is 2. The summed E-state index contributed by atoms with van der Waals surface area (Å²) in [5.41, 5.74) is 3.56. The van der Waals surface area contributed by atoms with E-state index in [1.165, 1.54) is 0 Å². The van der Waals surface area contributed by atoms with Gasteiger partial charge in [0, 0.05) is 18.3 Å². The Kier molecular flexibility index (Phi) is 4.34. The minimum atomic E-state index is -0.0782. The Hall–Kier alpha value is -2.37. The number of aryl methyl sites for hydroxylation is 2. The monoisotopic (exact) mass is 273 g/mol. The van der Waals surface area contributed by atoms with Crippen molar-refractivity contribution in [1.29, 1.82) is 0 Å². The molecule has 0 saturated heterocycles. The van der Waals surface area contributed by atoms with Gasteiger partial charge in [0.1, 0.15) is 5.69 Å². The first-order valence-electron chi connectivity index (χ1n) is 6.59. The minimum absolute atomic E-state index is 0.0782. The molecule has 6 nitrogen and oxygen atoms in total. The van der Waals surface area contributed by atoms with Gasteiger partial charge in [-0.1, -0.05) is 0 Å². The van der Waals surface area contributed by atoms with E-state index in [9.17, 15) is 4.79 Å². The van der Waals surface area contributed by atoms with Crippen LogP contribution in [0.1, 0.15) is 28.5 Å². The molecule has 106 valence electrons. The van der Waals surface area contributed by atoms with Crippen molar-refractivity contribution in [3.63, 3.8) is 0 Å². The number of anilines is 1. The summed E-state index contributed by atoms with van der Waals surface area (Å²) in [4.78, 5) is 13.2. The highest BCUT2D eigenvalue weighted by molar-refractivity contribution is 5.94. The molecular formula is C14H19N5O. The third-order valence-corrected chi connectivity index (χ3v) is 3.04. The second-order valence-electron chi connectivity index (χ2n) is 4.49. The van der Waals surface area contributed by atoms with Gasteiger partial charge in [-0.25, -0.2) is 0 Å². The molecular weight excluding hydrogens is 254 g/mol. The number of amides is 1. The summed E-state index contributed by atoms with van der Waals surface area (Å²) < 4.78 is 0. The van der Waals surface area contributed by atoms with Crippen LogP contribution < -0.4 is 10.6 Å². The maximum absolute atomic E-state index is 11.5. The molecule has 0 fully saturated rings. The van der Waals surface area contributed by atoms with Crippen LogP contribution in [0.2, 0.25) is 0 Å². The number of carbonyl (C=O) groups is 1. The highest BCUT2D eigenvalue weighted by Crippen LogP contribution is 2.17. The van der Waals surface area contributed by atoms with Gasteiger partial charge >= 0.3 is 0 Å².